The van der Waals surface area contributed by atoms with E-state index in [-0.39, 0.29) is 5.91 Å². The first kappa shape index (κ1) is 17.9. The van der Waals surface area contributed by atoms with Crippen LogP contribution < -0.4 is 0 Å². The first-order chi connectivity index (χ1) is 12.3. The molecule has 1 aliphatic heterocycles. The van der Waals surface area contributed by atoms with Crippen LogP contribution in [0.15, 0.2) is 65.8 Å². The second kappa shape index (κ2) is 7.12. The molecule has 1 unspecified atom stereocenters. The van der Waals surface area contributed by atoms with Gasteiger partial charge in [-0.2, -0.15) is 5.10 Å². The molecule has 5 heteroatoms. The van der Waals surface area contributed by atoms with Crippen molar-refractivity contribution in [1.82, 2.24) is 5.01 Å². The molecule has 26 heavy (non-hydrogen) atoms. The molecule has 2 amide bonds. The second-order valence-corrected chi connectivity index (χ2v) is 7.21. The lowest BCUT2D eigenvalue weighted by molar-refractivity contribution is -0.132. The van der Waals surface area contributed by atoms with Crippen LogP contribution in [-0.2, 0) is 9.53 Å². The molecule has 0 spiro atoms. The third-order valence-corrected chi connectivity index (χ3v) is 4.00. The van der Waals surface area contributed by atoms with Crippen LogP contribution >= 0.6 is 0 Å². The van der Waals surface area contributed by atoms with Crippen molar-refractivity contribution in [3.05, 3.63) is 71.8 Å². The van der Waals surface area contributed by atoms with Crippen molar-refractivity contribution in [2.24, 2.45) is 5.10 Å². The Morgan fingerprint density at radius 1 is 1.04 bits per heavy atom. The van der Waals surface area contributed by atoms with Crippen molar-refractivity contribution < 1.29 is 14.3 Å². The minimum absolute atomic E-state index is 0.370. The molecule has 3 rings (SSSR count). The van der Waals surface area contributed by atoms with Crippen molar-refractivity contribution >= 4 is 17.7 Å². The minimum Gasteiger partial charge on any atom is -0.442 e. The van der Waals surface area contributed by atoms with Gasteiger partial charge in [0, 0.05) is 6.42 Å². The van der Waals surface area contributed by atoms with Gasteiger partial charge in [0.25, 0.3) is 5.91 Å². The zero-order chi connectivity index (χ0) is 18.7. The van der Waals surface area contributed by atoms with Gasteiger partial charge in [0.05, 0.1) is 11.6 Å². The van der Waals surface area contributed by atoms with E-state index < -0.39 is 17.6 Å². The van der Waals surface area contributed by atoms with Gasteiger partial charge in [0.1, 0.15) is 5.60 Å². The van der Waals surface area contributed by atoms with E-state index >= 15 is 0 Å². The molecule has 0 saturated heterocycles. The van der Waals surface area contributed by atoms with E-state index in [1.165, 1.54) is 0 Å². The van der Waals surface area contributed by atoms with Crippen molar-refractivity contribution in [2.45, 2.75) is 38.7 Å². The van der Waals surface area contributed by atoms with E-state index in [0.717, 1.165) is 16.1 Å². The molecule has 0 aromatic heterocycles. The fourth-order valence-corrected chi connectivity index (χ4v) is 2.83. The van der Waals surface area contributed by atoms with E-state index in [4.69, 9.17) is 4.74 Å². The van der Waals surface area contributed by atoms with Gasteiger partial charge >= 0.3 is 6.09 Å². The van der Waals surface area contributed by atoms with Crippen LogP contribution in [0.1, 0.15) is 44.2 Å². The first-order valence-corrected chi connectivity index (χ1v) is 8.60. The van der Waals surface area contributed by atoms with Crippen LogP contribution in [-0.4, -0.2) is 28.3 Å². The highest BCUT2D eigenvalue weighted by Gasteiger charge is 2.38. The maximum Gasteiger partial charge on any atom is 0.438 e. The summed E-state index contributed by atoms with van der Waals surface area (Å²) in [4.78, 5) is 25.5. The summed E-state index contributed by atoms with van der Waals surface area (Å²) in [6.07, 6.45) is -0.317. The molecule has 0 fully saturated rings. The van der Waals surface area contributed by atoms with Gasteiger partial charge < -0.3 is 4.74 Å². The molecule has 2 aromatic rings. The number of hydrogen-bond acceptors (Lipinski definition) is 4. The van der Waals surface area contributed by atoms with Crippen LogP contribution in [0.3, 0.4) is 0 Å². The minimum atomic E-state index is -0.753. The van der Waals surface area contributed by atoms with Gasteiger partial charge in [-0.3, -0.25) is 4.79 Å². The Labute approximate surface area is 153 Å². The summed E-state index contributed by atoms with van der Waals surface area (Å²) in [5.74, 6) is -0.846. The zero-order valence-electron chi connectivity index (χ0n) is 15.2. The monoisotopic (exact) mass is 350 g/mol. The zero-order valence-corrected chi connectivity index (χ0v) is 15.2. The molecule has 1 aliphatic rings. The molecule has 134 valence electrons. The molecule has 0 N–H and O–H groups in total. The number of amides is 2. The number of carbonyl (C=O) groups excluding carboxylic acids is 2. The Morgan fingerprint density at radius 2 is 1.62 bits per heavy atom. The quantitative estimate of drug-likeness (QED) is 0.809. The number of imide groups is 1. The van der Waals surface area contributed by atoms with Gasteiger partial charge in [-0.05, 0) is 31.9 Å². The number of carbonyl (C=O) groups is 2. The van der Waals surface area contributed by atoms with Gasteiger partial charge in [0.15, 0.2) is 0 Å². The largest absolute Gasteiger partial charge is 0.442 e. The summed E-state index contributed by atoms with van der Waals surface area (Å²) in [5.41, 5.74) is 1.72. The third kappa shape index (κ3) is 3.99. The molecule has 0 saturated carbocycles. The predicted octanol–water partition coefficient (Wildman–Crippen LogP) is 4.34. The molecule has 0 bridgehead atoms. The lowest BCUT2D eigenvalue weighted by Gasteiger charge is -2.30. The highest BCUT2D eigenvalue weighted by molar-refractivity contribution is 6.09. The fraction of sp³-hybridized carbons (Fsp3) is 0.286. The molecular formula is C21H22N2O3. The Morgan fingerprint density at radius 3 is 2.19 bits per heavy atom. The van der Waals surface area contributed by atoms with Crippen molar-refractivity contribution in [2.75, 3.05) is 0 Å². The Hall–Kier alpha value is -2.95. The summed E-state index contributed by atoms with van der Waals surface area (Å²) in [6, 6.07) is 19.0. The highest BCUT2D eigenvalue weighted by atomic mass is 16.6. The van der Waals surface area contributed by atoms with Crippen molar-refractivity contribution in [1.29, 1.82) is 0 Å². The van der Waals surface area contributed by atoms with Crippen LogP contribution in [0, 0.1) is 0 Å². The molecule has 5 nitrogen and oxygen atoms in total. The SMILES string of the molecule is CC(C)(C)OC(=O)N1N=C(c2ccccc2)CC(c2ccccc2)C1=O. The number of hydrazone groups is 1. The summed E-state index contributed by atoms with van der Waals surface area (Å²) < 4.78 is 5.38. The molecular weight excluding hydrogens is 328 g/mol. The molecule has 0 aliphatic carbocycles. The molecule has 1 heterocycles. The summed E-state index contributed by atoms with van der Waals surface area (Å²) >= 11 is 0. The standard InChI is InChI=1S/C21H22N2O3/c1-21(2,3)26-20(25)23-19(24)17(15-10-6-4-7-11-15)14-18(22-23)16-12-8-5-9-13-16/h4-13,17H,14H2,1-3H3. The normalized spacial score (nSPS) is 17.7. The van der Waals surface area contributed by atoms with Crippen LogP contribution in [0.4, 0.5) is 4.79 Å². The lowest BCUT2D eigenvalue weighted by Crippen LogP contribution is -2.43. The van der Waals surface area contributed by atoms with E-state index in [1.54, 1.807) is 20.8 Å². The number of ether oxygens (including phenoxy) is 1. The van der Waals surface area contributed by atoms with E-state index in [1.807, 2.05) is 60.7 Å². The highest BCUT2D eigenvalue weighted by Crippen LogP contribution is 2.30. The summed E-state index contributed by atoms with van der Waals surface area (Å²) in [7, 11) is 0. The number of rotatable bonds is 2. The van der Waals surface area contributed by atoms with Crippen molar-refractivity contribution in [3.63, 3.8) is 0 Å². The van der Waals surface area contributed by atoms with E-state index in [9.17, 15) is 9.59 Å². The van der Waals surface area contributed by atoms with Gasteiger partial charge in [-0.25, -0.2) is 4.79 Å². The van der Waals surface area contributed by atoms with Crippen LogP contribution in [0.2, 0.25) is 0 Å². The Balaban J connectivity index is 2.00. The maximum absolute atomic E-state index is 12.9. The van der Waals surface area contributed by atoms with Gasteiger partial charge in [-0.1, -0.05) is 60.7 Å². The Kier molecular flexibility index (Phi) is 4.89. The number of benzene rings is 2. The topological polar surface area (TPSA) is 59.0 Å². The predicted molar refractivity (Wildman–Crippen MR) is 99.9 cm³/mol. The number of hydrogen-bond donors (Lipinski definition) is 0. The lowest BCUT2D eigenvalue weighted by atomic mass is 9.89. The fourth-order valence-electron chi connectivity index (χ4n) is 2.83. The van der Waals surface area contributed by atoms with Crippen molar-refractivity contribution in [3.8, 4) is 0 Å². The average Bonchev–Trinajstić information content (AvgIpc) is 2.62. The average molecular weight is 350 g/mol. The maximum atomic E-state index is 12.9. The summed E-state index contributed by atoms with van der Waals surface area (Å²) in [5, 5.41) is 5.19. The van der Waals surface area contributed by atoms with Gasteiger partial charge in [0.2, 0.25) is 0 Å². The summed E-state index contributed by atoms with van der Waals surface area (Å²) in [6.45, 7) is 5.28. The Bertz CT molecular complexity index is 823. The first-order valence-electron chi connectivity index (χ1n) is 8.60. The third-order valence-electron chi connectivity index (χ3n) is 4.00. The number of nitrogens with zero attached hydrogens (tertiary/aromatic N) is 2. The van der Waals surface area contributed by atoms with E-state index in [0.29, 0.717) is 12.1 Å². The second-order valence-electron chi connectivity index (χ2n) is 7.21. The van der Waals surface area contributed by atoms with E-state index in [2.05, 4.69) is 5.10 Å². The molecule has 0 radical (unpaired) electrons. The van der Waals surface area contributed by atoms with Crippen LogP contribution in [0.25, 0.3) is 0 Å². The van der Waals surface area contributed by atoms with Gasteiger partial charge in [-0.15, -0.1) is 5.01 Å². The van der Waals surface area contributed by atoms with Crippen LogP contribution in [0.5, 0.6) is 0 Å². The molecule has 1 atom stereocenters. The molecule has 2 aromatic carbocycles. The smallest absolute Gasteiger partial charge is 0.438 e.